The van der Waals surface area contributed by atoms with Crippen LogP contribution in [0.25, 0.3) is 0 Å². The maximum absolute atomic E-state index is 12.5. The fourth-order valence-electron chi connectivity index (χ4n) is 2.48. The fraction of sp³-hybridized carbons (Fsp3) is 0.238. The summed E-state index contributed by atoms with van der Waals surface area (Å²) in [5.41, 5.74) is 0.996. The van der Waals surface area contributed by atoms with Gasteiger partial charge in [-0.25, -0.2) is 0 Å². The molecule has 0 atom stereocenters. The average Bonchev–Trinajstić information content (AvgIpc) is 3.23. The second-order valence-corrected chi connectivity index (χ2v) is 7.89. The predicted octanol–water partition coefficient (Wildman–Crippen LogP) is 4.55. The van der Waals surface area contributed by atoms with Crippen molar-refractivity contribution < 1.29 is 14.3 Å². The monoisotopic (exact) mass is 444 g/mol. The summed E-state index contributed by atoms with van der Waals surface area (Å²) in [6, 6.07) is 13.7. The number of carbonyl (C=O) groups is 2. The highest BCUT2D eigenvalue weighted by atomic mass is 35.5. The van der Waals surface area contributed by atoms with Gasteiger partial charge < -0.3 is 15.4 Å². The zero-order valence-corrected chi connectivity index (χ0v) is 17.9. The Morgan fingerprint density at radius 1 is 1.10 bits per heavy atom. The van der Waals surface area contributed by atoms with E-state index in [0.717, 1.165) is 24.2 Å². The summed E-state index contributed by atoms with van der Waals surface area (Å²) in [5, 5.41) is 14.9. The summed E-state index contributed by atoms with van der Waals surface area (Å²) in [6.07, 6.45) is 1.92. The van der Waals surface area contributed by atoms with Crippen molar-refractivity contribution in [1.82, 2.24) is 15.5 Å². The number of benzene rings is 2. The summed E-state index contributed by atoms with van der Waals surface area (Å²) in [5.74, 6) is 0.0838. The Morgan fingerprint density at radius 2 is 1.90 bits per heavy atom. The Balaban J connectivity index is 1.56. The number of anilines is 1. The number of unbranched alkanes of at least 4 members (excludes halogenated alkanes) is 1. The number of rotatable bonds is 9. The molecule has 0 bridgehead atoms. The van der Waals surface area contributed by atoms with Gasteiger partial charge in [-0.15, -0.1) is 10.2 Å². The summed E-state index contributed by atoms with van der Waals surface area (Å²) < 4.78 is 5.61. The molecule has 0 unspecified atom stereocenters. The molecule has 1 aromatic heterocycles. The van der Waals surface area contributed by atoms with E-state index in [0.29, 0.717) is 33.6 Å². The first-order valence-corrected chi connectivity index (χ1v) is 10.6. The second kappa shape index (κ2) is 10.7. The van der Waals surface area contributed by atoms with Gasteiger partial charge in [-0.1, -0.05) is 42.3 Å². The van der Waals surface area contributed by atoms with Crippen LogP contribution in [0.2, 0.25) is 5.02 Å². The second-order valence-electron chi connectivity index (χ2n) is 6.39. The summed E-state index contributed by atoms with van der Waals surface area (Å²) in [7, 11) is 0. The molecule has 0 aliphatic rings. The van der Waals surface area contributed by atoms with Crippen molar-refractivity contribution in [3.05, 3.63) is 69.1 Å². The number of ether oxygens (including phenoxy) is 1. The van der Waals surface area contributed by atoms with E-state index in [-0.39, 0.29) is 17.5 Å². The zero-order valence-electron chi connectivity index (χ0n) is 16.4. The minimum Gasteiger partial charge on any atom is -0.486 e. The minimum atomic E-state index is -0.395. The van der Waals surface area contributed by atoms with Crippen LogP contribution in [-0.2, 0) is 6.61 Å². The number of aromatic nitrogens is 2. The number of amides is 2. The van der Waals surface area contributed by atoms with E-state index in [1.165, 1.54) is 0 Å². The van der Waals surface area contributed by atoms with Gasteiger partial charge in [0.1, 0.15) is 12.4 Å². The van der Waals surface area contributed by atoms with E-state index in [4.69, 9.17) is 16.3 Å². The van der Waals surface area contributed by atoms with Gasteiger partial charge in [0.15, 0.2) is 5.01 Å². The first kappa shape index (κ1) is 21.7. The number of hydrogen-bond acceptors (Lipinski definition) is 6. The molecule has 1 heterocycles. The van der Waals surface area contributed by atoms with Crippen molar-refractivity contribution in [1.29, 1.82) is 0 Å². The molecule has 0 radical (unpaired) electrons. The molecule has 2 amide bonds. The normalized spacial score (nSPS) is 10.5. The van der Waals surface area contributed by atoms with E-state index >= 15 is 0 Å². The number of nitrogens with zero attached hydrogens (tertiary/aromatic N) is 2. The van der Waals surface area contributed by atoms with Crippen molar-refractivity contribution in [2.45, 2.75) is 26.4 Å². The highest BCUT2D eigenvalue weighted by Crippen LogP contribution is 2.19. The largest absolute Gasteiger partial charge is 0.486 e. The Morgan fingerprint density at radius 3 is 2.67 bits per heavy atom. The number of halogens is 1. The van der Waals surface area contributed by atoms with E-state index < -0.39 is 5.91 Å². The molecule has 0 spiro atoms. The standard InChI is InChI=1S/C21H21ClN4O3S/c1-2-3-11-23-19(27)14-5-4-6-16(12-14)24-20(28)21-26-25-18(30-21)13-29-17-9-7-15(22)8-10-17/h4-10,12H,2-3,11,13H2,1H3,(H,23,27)(H,24,28). The van der Waals surface area contributed by atoms with Gasteiger partial charge in [0.05, 0.1) is 0 Å². The Kier molecular flexibility index (Phi) is 7.75. The molecule has 0 saturated carbocycles. The van der Waals surface area contributed by atoms with Gasteiger partial charge in [0.25, 0.3) is 11.8 Å². The third-order valence-corrected chi connectivity index (χ3v) is 5.18. The highest BCUT2D eigenvalue weighted by Gasteiger charge is 2.14. The third-order valence-electron chi connectivity index (χ3n) is 4.04. The molecular weight excluding hydrogens is 424 g/mol. The Bertz CT molecular complexity index is 1010. The molecule has 0 aliphatic heterocycles. The maximum Gasteiger partial charge on any atom is 0.286 e. The van der Waals surface area contributed by atoms with Gasteiger partial charge in [-0.3, -0.25) is 9.59 Å². The molecule has 7 nitrogen and oxygen atoms in total. The quantitative estimate of drug-likeness (QED) is 0.472. The van der Waals surface area contributed by atoms with Crippen LogP contribution in [0.15, 0.2) is 48.5 Å². The molecule has 0 aliphatic carbocycles. The molecule has 9 heteroatoms. The smallest absolute Gasteiger partial charge is 0.286 e. The zero-order chi connectivity index (χ0) is 21.3. The number of nitrogens with one attached hydrogen (secondary N) is 2. The maximum atomic E-state index is 12.5. The fourth-order valence-corrected chi connectivity index (χ4v) is 3.26. The molecule has 156 valence electrons. The van der Waals surface area contributed by atoms with Crippen LogP contribution >= 0.6 is 22.9 Å². The lowest BCUT2D eigenvalue weighted by atomic mass is 10.2. The minimum absolute atomic E-state index is 0.169. The van der Waals surface area contributed by atoms with Crippen LogP contribution in [-0.4, -0.2) is 28.6 Å². The summed E-state index contributed by atoms with van der Waals surface area (Å²) >= 11 is 6.99. The molecule has 2 N–H and O–H groups in total. The SMILES string of the molecule is CCCCNC(=O)c1cccc(NC(=O)c2nnc(COc3ccc(Cl)cc3)s2)c1. The van der Waals surface area contributed by atoms with Crippen molar-refractivity contribution in [3.63, 3.8) is 0 Å². The van der Waals surface area contributed by atoms with Crippen molar-refractivity contribution in [2.75, 3.05) is 11.9 Å². The molecule has 3 aromatic rings. The Labute approximate surface area is 183 Å². The van der Waals surface area contributed by atoms with Crippen molar-refractivity contribution in [3.8, 4) is 5.75 Å². The first-order chi connectivity index (χ1) is 14.5. The highest BCUT2D eigenvalue weighted by molar-refractivity contribution is 7.13. The molecule has 2 aromatic carbocycles. The van der Waals surface area contributed by atoms with E-state index in [1.807, 2.05) is 0 Å². The molecular formula is C21H21ClN4O3S. The molecule has 0 fully saturated rings. The average molecular weight is 445 g/mol. The predicted molar refractivity (Wildman–Crippen MR) is 117 cm³/mol. The van der Waals surface area contributed by atoms with Crippen LogP contribution in [0.3, 0.4) is 0 Å². The van der Waals surface area contributed by atoms with Crippen LogP contribution in [0.5, 0.6) is 5.75 Å². The topological polar surface area (TPSA) is 93.2 Å². The molecule has 3 rings (SSSR count). The van der Waals surface area contributed by atoms with Gasteiger partial charge in [-0.2, -0.15) is 0 Å². The molecule has 30 heavy (non-hydrogen) atoms. The first-order valence-electron chi connectivity index (χ1n) is 9.45. The summed E-state index contributed by atoms with van der Waals surface area (Å²) in [4.78, 5) is 24.6. The lowest BCUT2D eigenvalue weighted by molar-refractivity contribution is 0.0951. The third kappa shape index (κ3) is 6.27. The van der Waals surface area contributed by atoms with Gasteiger partial charge in [0, 0.05) is 22.8 Å². The lowest BCUT2D eigenvalue weighted by Gasteiger charge is -2.07. The van der Waals surface area contributed by atoms with Crippen LogP contribution in [0.1, 0.15) is 44.9 Å². The van der Waals surface area contributed by atoms with Gasteiger partial charge in [0.2, 0.25) is 5.01 Å². The van der Waals surface area contributed by atoms with E-state index in [2.05, 4.69) is 27.8 Å². The van der Waals surface area contributed by atoms with Gasteiger partial charge in [-0.05, 0) is 48.9 Å². The van der Waals surface area contributed by atoms with Gasteiger partial charge >= 0.3 is 0 Å². The molecule has 0 saturated heterocycles. The van der Waals surface area contributed by atoms with Crippen molar-refractivity contribution >= 4 is 40.4 Å². The van der Waals surface area contributed by atoms with Crippen molar-refractivity contribution in [2.24, 2.45) is 0 Å². The van der Waals surface area contributed by atoms with Crippen LogP contribution in [0.4, 0.5) is 5.69 Å². The van der Waals surface area contributed by atoms with Crippen LogP contribution in [0, 0.1) is 0 Å². The van der Waals surface area contributed by atoms with Crippen LogP contribution < -0.4 is 15.4 Å². The lowest BCUT2D eigenvalue weighted by Crippen LogP contribution is -2.24. The Hall–Kier alpha value is -2.97. The van der Waals surface area contributed by atoms with E-state index in [9.17, 15) is 9.59 Å². The summed E-state index contributed by atoms with van der Waals surface area (Å²) in [6.45, 7) is 2.88. The number of carbonyl (C=O) groups excluding carboxylic acids is 2. The van der Waals surface area contributed by atoms with E-state index in [1.54, 1.807) is 48.5 Å². The number of hydrogen-bond donors (Lipinski definition) is 2.